The molecule has 0 saturated heterocycles. The van der Waals surface area contributed by atoms with Gasteiger partial charge in [-0.2, -0.15) is 5.10 Å². The molecule has 0 aromatic carbocycles. The van der Waals surface area contributed by atoms with Crippen molar-refractivity contribution in [2.45, 2.75) is 39.4 Å². The topological polar surface area (TPSA) is 64.7 Å². The van der Waals surface area contributed by atoms with Gasteiger partial charge in [0.2, 0.25) is 0 Å². The van der Waals surface area contributed by atoms with E-state index in [-0.39, 0.29) is 17.6 Å². The van der Waals surface area contributed by atoms with Crippen LogP contribution in [0.2, 0.25) is 0 Å². The Kier molecular flexibility index (Phi) is 2.48. The molecule has 1 unspecified atom stereocenters. The second-order valence-electron chi connectivity index (χ2n) is 5.02. The van der Waals surface area contributed by atoms with Gasteiger partial charge >= 0.3 is 0 Å². The van der Waals surface area contributed by atoms with Gasteiger partial charge in [0.05, 0.1) is 12.2 Å². The van der Waals surface area contributed by atoms with Crippen molar-refractivity contribution in [3.05, 3.63) is 22.4 Å². The predicted molar refractivity (Wildman–Crippen MR) is 68.6 cm³/mol. The molecule has 18 heavy (non-hydrogen) atoms. The van der Waals surface area contributed by atoms with E-state index in [0.717, 1.165) is 12.4 Å². The summed E-state index contributed by atoms with van der Waals surface area (Å²) in [6.45, 7) is 7.58. The van der Waals surface area contributed by atoms with Gasteiger partial charge in [0, 0.05) is 19.1 Å². The summed E-state index contributed by atoms with van der Waals surface area (Å²) in [6.07, 6.45) is 1.63. The van der Waals surface area contributed by atoms with Crippen LogP contribution in [0.25, 0.3) is 11.0 Å². The Bertz CT molecular complexity index is 654. The van der Waals surface area contributed by atoms with Crippen molar-refractivity contribution >= 4 is 11.0 Å². The minimum absolute atomic E-state index is 0.0234. The van der Waals surface area contributed by atoms with Crippen LogP contribution in [0.4, 0.5) is 0 Å². The molecule has 3 heterocycles. The zero-order valence-corrected chi connectivity index (χ0v) is 10.8. The Balaban J connectivity index is 2.35. The normalized spacial score (nSPS) is 19.4. The Hall–Kier alpha value is -1.69. The van der Waals surface area contributed by atoms with Gasteiger partial charge < -0.3 is 5.32 Å². The molecule has 96 valence electrons. The van der Waals surface area contributed by atoms with E-state index < -0.39 is 0 Å². The lowest BCUT2D eigenvalue weighted by atomic mass is 10.2. The molecule has 2 aromatic heterocycles. The molecule has 0 bridgehead atoms. The van der Waals surface area contributed by atoms with Gasteiger partial charge in [0.15, 0.2) is 5.65 Å². The maximum Gasteiger partial charge on any atom is 0.264 e. The minimum atomic E-state index is 0.0234. The first-order valence-corrected chi connectivity index (χ1v) is 6.31. The number of hydrogen-bond donors (Lipinski definition) is 1. The number of hydrogen-bond acceptors (Lipinski definition) is 4. The Morgan fingerprint density at radius 3 is 3.00 bits per heavy atom. The molecule has 0 saturated carbocycles. The lowest BCUT2D eigenvalue weighted by Crippen LogP contribution is -2.39. The van der Waals surface area contributed by atoms with E-state index in [4.69, 9.17) is 0 Å². The minimum Gasteiger partial charge on any atom is -0.306 e. The first-order valence-electron chi connectivity index (χ1n) is 6.31. The number of aromatic nitrogens is 4. The van der Waals surface area contributed by atoms with Gasteiger partial charge in [-0.05, 0) is 20.8 Å². The molecule has 1 N–H and O–H groups in total. The van der Waals surface area contributed by atoms with E-state index in [0.29, 0.717) is 17.6 Å². The number of nitrogens with one attached hydrogen (secondary N) is 1. The fraction of sp³-hybridized carbons (Fsp3) is 0.583. The van der Waals surface area contributed by atoms with Gasteiger partial charge in [-0.3, -0.25) is 9.36 Å². The van der Waals surface area contributed by atoms with E-state index in [1.807, 2.05) is 20.8 Å². The van der Waals surface area contributed by atoms with E-state index in [2.05, 4.69) is 15.4 Å². The van der Waals surface area contributed by atoms with Crippen molar-refractivity contribution in [3.8, 4) is 0 Å². The second-order valence-corrected chi connectivity index (χ2v) is 5.02. The molecule has 1 aliphatic rings. The van der Waals surface area contributed by atoms with Gasteiger partial charge in [-0.1, -0.05) is 0 Å². The summed E-state index contributed by atoms with van der Waals surface area (Å²) in [4.78, 5) is 17.0. The summed E-state index contributed by atoms with van der Waals surface area (Å²) >= 11 is 0. The number of nitrogens with zero attached hydrogens (tertiary/aromatic N) is 4. The third-order valence-corrected chi connectivity index (χ3v) is 3.40. The molecule has 6 nitrogen and oxygen atoms in total. The summed E-state index contributed by atoms with van der Waals surface area (Å²) in [5.41, 5.74) is 0.715. The molecule has 0 radical (unpaired) electrons. The smallest absolute Gasteiger partial charge is 0.264 e. The highest BCUT2D eigenvalue weighted by Gasteiger charge is 2.22. The molecule has 0 amide bonds. The van der Waals surface area contributed by atoms with Crippen molar-refractivity contribution in [2.75, 3.05) is 6.54 Å². The molecule has 1 aliphatic heterocycles. The molecule has 0 aliphatic carbocycles. The Morgan fingerprint density at radius 2 is 2.28 bits per heavy atom. The third-order valence-electron chi connectivity index (χ3n) is 3.40. The molecule has 0 fully saturated rings. The Labute approximate surface area is 105 Å². The van der Waals surface area contributed by atoms with Crippen LogP contribution in [-0.4, -0.2) is 25.9 Å². The van der Waals surface area contributed by atoms with Crippen molar-refractivity contribution in [1.82, 2.24) is 24.6 Å². The standard InChI is InChI=1S/C12H17N5O/c1-7(2)17-11-9(6-14-17)12(18)16-5-4-13-8(3)10(16)15-11/h6-8,13H,4-5H2,1-3H3. The highest BCUT2D eigenvalue weighted by Crippen LogP contribution is 2.18. The maximum absolute atomic E-state index is 12.4. The molecule has 3 rings (SSSR count). The summed E-state index contributed by atoms with van der Waals surface area (Å²) in [7, 11) is 0. The fourth-order valence-electron chi connectivity index (χ4n) is 2.45. The average Bonchev–Trinajstić information content (AvgIpc) is 2.75. The van der Waals surface area contributed by atoms with Crippen molar-refractivity contribution in [2.24, 2.45) is 0 Å². The molecule has 6 heteroatoms. The summed E-state index contributed by atoms with van der Waals surface area (Å²) in [6, 6.07) is 0.302. The Morgan fingerprint density at radius 1 is 1.50 bits per heavy atom. The summed E-state index contributed by atoms with van der Waals surface area (Å²) in [5, 5.41) is 8.20. The molecule has 0 spiro atoms. The zero-order chi connectivity index (χ0) is 12.9. The van der Waals surface area contributed by atoms with Gasteiger partial charge in [-0.15, -0.1) is 0 Å². The highest BCUT2D eigenvalue weighted by molar-refractivity contribution is 5.73. The van der Waals surface area contributed by atoms with Crippen molar-refractivity contribution in [1.29, 1.82) is 0 Å². The number of fused-ring (bicyclic) bond motifs is 2. The SMILES string of the molecule is CC1NCCn2c1nc1c(cnn1C(C)C)c2=O. The molecular weight excluding hydrogens is 230 g/mol. The first kappa shape index (κ1) is 11.4. The lowest BCUT2D eigenvalue weighted by Gasteiger charge is -2.24. The largest absolute Gasteiger partial charge is 0.306 e. The summed E-state index contributed by atoms with van der Waals surface area (Å²) in [5.74, 6) is 0.807. The fourth-order valence-corrected chi connectivity index (χ4v) is 2.45. The van der Waals surface area contributed by atoms with Gasteiger partial charge in [0.25, 0.3) is 5.56 Å². The first-order chi connectivity index (χ1) is 8.59. The monoisotopic (exact) mass is 247 g/mol. The van der Waals surface area contributed by atoms with Crippen LogP contribution in [0.1, 0.15) is 38.7 Å². The van der Waals surface area contributed by atoms with Crippen molar-refractivity contribution in [3.63, 3.8) is 0 Å². The van der Waals surface area contributed by atoms with Crippen LogP contribution < -0.4 is 10.9 Å². The van der Waals surface area contributed by atoms with Gasteiger partial charge in [0.1, 0.15) is 11.2 Å². The van der Waals surface area contributed by atoms with Crippen molar-refractivity contribution < 1.29 is 0 Å². The molecule has 1 atom stereocenters. The van der Waals surface area contributed by atoms with E-state index >= 15 is 0 Å². The van der Waals surface area contributed by atoms with Gasteiger partial charge in [-0.25, -0.2) is 9.67 Å². The van der Waals surface area contributed by atoms with Crippen LogP contribution in [0.3, 0.4) is 0 Å². The predicted octanol–water partition coefficient (Wildman–Crippen LogP) is 0.838. The quantitative estimate of drug-likeness (QED) is 0.811. The van der Waals surface area contributed by atoms with E-state index in [1.165, 1.54) is 0 Å². The molecule has 2 aromatic rings. The second kappa shape index (κ2) is 3.91. The average molecular weight is 247 g/mol. The lowest BCUT2D eigenvalue weighted by molar-refractivity contribution is 0.420. The summed E-state index contributed by atoms with van der Waals surface area (Å²) < 4.78 is 3.56. The van der Waals surface area contributed by atoms with Crippen LogP contribution in [0.5, 0.6) is 0 Å². The highest BCUT2D eigenvalue weighted by atomic mass is 16.1. The van der Waals surface area contributed by atoms with E-state index in [1.54, 1.807) is 15.4 Å². The molecular formula is C12H17N5O. The van der Waals surface area contributed by atoms with Crippen LogP contribution in [-0.2, 0) is 6.54 Å². The third kappa shape index (κ3) is 1.49. The number of rotatable bonds is 1. The maximum atomic E-state index is 12.4. The van der Waals surface area contributed by atoms with Crippen LogP contribution in [0.15, 0.2) is 11.0 Å². The van der Waals surface area contributed by atoms with Crippen LogP contribution in [0, 0.1) is 0 Å². The van der Waals surface area contributed by atoms with E-state index in [9.17, 15) is 4.79 Å². The zero-order valence-electron chi connectivity index (χ0n) is 10.8. The van der Waals surface area contributed by atoms with Crippen LogP contribution >= 0.6 is 0 Å².